The molecular weight excluding hydrogens is 500 g/mol. The van der Waals surface area contributed by atoms with Crippen LogP contribution in [-0.4, -0.2) is 62.6 Å². The van der Waals surface area contributed by atoms with E-state index in [-0.39, 0.29) is 29.6 Å². The highest BCUT2D eigenvalue weighted by atomic mass is 32.2. The van der Waals surface area contributed by atoms with Gasteiger partial charge in [0.2, 0.25) is 21.8 Å². The highest BCUT2D eigenvalue weighted by molar-refractivity contribution is 7.92. The first kappa shape index (κ1) is 29.6. The number of carbonyl (C=O) groups is 2. The number of nitrogens with one attached hydrogen (secondary N) is 1. The van der Waals surface area contributed by atoms with Crippen molar-refractivity contribution in [3.8, 4) is 5.75 Å². The molecule has 202 valence electrons. The van der Waals surface area contributed by atoms with Crippen LogP contribution in [0, 0.1) is 10.1 Å². The fourth-order valence-electron chi connectivity index (χ4n) is 3.79. The fourth-order valence-corrected chi connectivity index (χ4v) is 4.63. The number of unbranched alkanes of at least 4 members (excludes halogenated alkanes) is 1. The summed E-state index contributed by atoms with van der Waals surface area (Å²) in [6.45, 7) is 3.62. The summed E-state index contributed by atoms with van der Waals surface area (Å²) in [7, 11) is -2.79. The monoisotopic (exact) mass is 534 g/mol. The van der Waals surface area contributed by atoms with E-state index in [4.69, 9.17) is 4.74 Å². The molecular formula is C25H34N4O7S. The van der Waals surface area contributed by atoms with E-state index in [0.29, 0.717) is 13.0 Å². The summed E-state index contributed by atoms with van der Waals surface area (Å²) < 4.78 is 31.6. The van der Waals surface area contributed by atoms with E-state index < -0.39 is 33.4 Å². The number of carbonyl (C=O) groups excluding carboxylic acids is 2. The summed E-state index contributed by atoms with van der Waals surface area (Å²) in [5.74, 6) is -0.929. The van der Waals surface area contributed by atoms with Crippen LogP contribution in [0.1, 0.15) is 38.7 Å². The van der Waals surface area contributed by atoms with Crippen molar-refractivity contribution in [3.05, 3.63) is 64.2 Å². The van der Waals surface area contributed by atoms with Crippen molar-refractivity contribution < 1.29 is 27.7 Å². The Labute approximate surface area is 217 Å². The number of hydrogen-bond donors (Lipinski definition) is 1. The third kappa shape index (κ3) is 8.17. The summed E-state index contributed by atoms with van der Waals surface area (Å²) in [5.41, 5.74) is 0.252. The van der Waals surface area contributed by atoms with Crippen molar-refractivity contribution in [2.24, 2.45) is 0 Å². The maximum Gasteiger partial charge on any atom is 0.271 e. The largest absolute Gasteiger partial charge is 0.495 e. The molecule has 0 radical (unpaired) electrons. The normalized spacial score (nSPS) is 11.9. The Morgan fingerprint density at radius 1 is 1.14 bits per heavy atom. The lowest BCUT2D eigenvalue weighted by molar-refractivity contribution is -0.384. The standard InChI is InChI=1S/C25H34N4O7S/c1-5-7-15-26-25(31)21(6-2)27(17-19-11-9-8-10-12-19)24(30)18-28(37(4,34)35)22-16-20(29(32)33)13-14-23(22)36-3/h8-14,16,21H,5-7,15,17-18H2,1-4H3,(H,26,31)/t21-/m1/s1. The number of hydrogen-bond acceptors (Lipinski definition) is 7. The number of sulfonamides is 1. The molecule has 0 fully saturated rings. The van der Waals surface area contributed by atoms with E-state index in [0.717, 1.165) is 35.0 Å². The molecule has 12 heteroatoms. The lowest BCUT2D eigenvalue weighted by atomic mass is 10.1. The third-order valence-electron chi connectivity index (χ3n) is 5.73. The second-order valence-corrected chi connectivity index (χ2v) is 10.4. The quantitative estimate of drug-likeness (QED) is 0.223. The van der Waals surface area contributed by atoms with Crippen LogP contribution < -0.4 is 14.4 Å². The molecule has 37 heavy (non-hydrogen) atoms. The fraction of sp³-hybridized carbons (Fsp3) is 0.440. The van der Waals surface area contributed by atoms with Crippen molar-refractivity contribution >= 4 is 33.2 Å². The lowest BCUT2D eigenvalue weighted by Crippen LogP contribution is -2.52. The predicted octanol–water partition coefficient (Wildman–Crippen LogP) is 3.09. The molecule has 0 aromatic heterocycles. The zero-order chi connectivity index (χ0) is 27.6. The van der Waals surface area contributed by atoms with Crippen LogP contribution in [0.4, 0.5) is 11.4 Å². The van der Waals surface area contributed by atoms with Gasteiger partial charge in [-0.15, -0.1) is 0 Å². The van der Waals surface area contributed by atoms with Crippen molar-refractivity contribution in [2.75, 3.05) is 30.8 Å². The number of nitrogens with zero attached hydrogens (tertiary/aromatic N) is 3. The number of nitro benzene ring substituents is 1. The first-order valence-electron chi connectivity index (χ1n) is 11.9. The molecule has 0 spiro atoms. The Bertz CT molecular complexity index is 1190. The van der Waals surface area contributed by atoms with Gasteiger partial charge in [-0.2, -0.15) is 0 Å². The molecule has 0 heterocycles. The summed E-state index contributed by atoms with van der Waals surface area (Å²) in [5, 5.41) is 14.2. The molecule has 11 nitrogen and oxygen atoms in total. The number of non-ortho nitro benzene ring substituents is 1. The molecule has 0 aliphatic heterocycles. The Morgan fingerprint density at radius 2 is 1.81 bits per heavy atom. The zero-order valence-electron chi connectivity index (χ0n) is 21.5. The van der Waals surface area contributed by atoms with Gasteiger partial charge in [0.05, 0.1) is 18.3 Å². The Balaban J connectivity index is 2.50. The second-order valence-electron chi connectivity index (χ2n) is 8.46. The average Bonchev–Trinajstić information content (AvgIpc) is 2.86. The number of methoxy groups -OCH3 is 1. The van der Waals surface area contributed by atoms with Crippen molar-refractivity contribution in [3.63, 3.8) is 0 Å². The van der Waals surface area contributed by atoms with E-state index in [2.05, 4.69) is 5.32 Å². The molecule has 1 atom stereocenters. The van der Waals surface area contributed by atoms with E-state index >= 15 is 0 Å². The van der Waals surface area contributed by atoms with Gasteiger partial charge in [0.25, 0.3) is 5.69 Å². The van der Waals surface area contributed by atoms with Crippen LogP contribution in [-0.2, 0) is 26.2 Å². The van der Waals surface area contributed by atoms with Gasteiger partial charge in [-0.3, -0.25) is 24.0 Å². The van der Waals surface area contributed by atoms with Crippen LogP contribution in [0.15, 0.2) is 48.5 Å². The highest BCUT2D eigenvalue weighted by Gasteiger charge is 2.33. The molecule has 0 unspecified atom stereocenters. The van der Waals surface area contributed by atoms with Crippen molar-refractivity contribution in [1.29, 1.82) is 0 Å². The first-order chi connectivity index (χ1) is 17.5. The maximum absolute atomic E-state index is 13.7. The van der Waals surface area contributed by atoms with Gasteiger partial charge in [-0.1, -0.05) is 50.6 Å². The minimum absolute atomic E-state index is 0.0442. The number of benzene rings is 2. The van der Waals surface area contributed by atoms with Crippen LogP contribution in [0.5, 0.6) is 5.75 Å². The minimum Gasteiger partial charge on any atom is -0.495 e. The van der Waals surface area contributed by atoms with Gasteiger partial charge in [-0.25, -0.2) is 8.42 Å². The average molecular weight is 535 g/mol. The molecule has 0 bridgehead atoms. The van der Waals surface area contributed by atoms with Crippen LogP contribution in [0.2, 0.25) is 0 Å². The van der Waals surface area contributed by atoms with Crippen LogP contribution in [0.25, 0.3) is 0 Å². The number of ether oxygens (including phenoxy) is 1. The highest BCUT2D eigenvalue weighted by Crippen LogP contribution is 2.34. The summed E-state index contributed by atoms with van der Waals surface area (Å²) in [4.78, 5) is 38.7. The molecule has 2 aromatic carbocycles. The van der Waals surface area contributed by atoms with E-state index in [1.165, 1.54) is 24.1 Å². The Hall–Kier alpha value is -3.67. The molecule has 1 N–H and O–H groups in total. The molecule has 0 saturated heterocycles. The molecule has 2 rings (SSSR count). The Kier molecular flexibility index (Phi) is 10.9. The van der Waals surface area contributed by atoms with E-state index in [9.17, 15) is 28.1 Å². The molecule has 0 aliphatic carbocycles. The van der Waals surface area contributed by atoms with Gasteiger partial charge >= 0.3 is 0 Å². The number of amides is 2. The zero-order valence-corrected chi connectivity index (χ0v) is 22.4. The summed E-state index contributed by atoms with van der Waals surface area (Å²) in [6.07, 6.45) is 2.87. The van der Waals surface area contributed by atoms with Crippen molar-refractivity contribution in [1.82, 2.24) is 10.2 Å². The maximum atomic E-state index is 13.7. The first-order valence-corrected chi connectivity index (χ1v) is 13.8. The number of rotatable bonds is 14. The van der Waals surface area contributed by atoms with Gasteiger partial charge < -0.3 is 15.0 Å². The third-order valence-corrected chi connectivity index (χ3v) is 6.86. The predicted molar refractivity (Wildman–Crippen MR) is 141 cm³/mol. The molecule has 0 aliphatic rings. The van der Waals surface area contributed by atoms with Crippen LogP contribution in [0.3, 0.4) is 0 Å². The molecule has 0 saturated carbocycles. The van der Waals surface area contributed by atoms with Gasteiger partial charge in [-0.05, 0) is 24.5 Å². The van der Waals surface area contributed by atoms with E-state index in [1.54, 1.807) is 31.2 Å². The second kappa shape index (κ2) is 13.6. The smallest absolute Gasteiger partial charge is 0.271 e. The number of nitro groups is 1. The lowest BCUT2D eigenvalue weighted by Gasteiger charge is -2.33. The minimum atomic E-state index is -4.08. The van der Waals surface area contributed by atoms with Crippen LogP contribution >= 0.6 is 0 Å². The van der Waals surface area contributed by atoms with E-state index in [1.807, 2.05) is 13.0 Å². The molecule has 2 aromatic rings. The number of anilines is 1. The van der Waals surface area contributed by atoms with Crippen molar-refractivity contribution in [2.45, 2.75) is 45.7 Å². The molecule has 2 amide bonds. The summed E-state index contributed by atoms with van der Waals surface area (Å²) in [6, 6.07) is 11.7. The van der Waals surface area contributed by atoms with Gasteiger partial charge in [0.1, 0.15) is 24.0 Å². The summed E-state index contributed by atoms with van der Waals surface area (Å²) >= 11 is 0. The Morgan fingerprint density at radius 3 is 2.35 bits per heavy atom. The topological polar surface area (TPSA) is 139 Å². The van der Waals surface area contributed by atoms with Gasteiger partial charge in [0, 0.05) is 25.2 Å². The van der Waals surface area contributed by atoms with Gasteiger partial charge in [0.15, 0.2) is 0 Å². The SMILES string of the molecule is CCCCNC(=O)[C@@H](CC)N(Cc1ccccc1)C(=O)CN(c1cc([N+](=O)[O-])ccc1OC)S(C)(=O)=O.